The molecule has 1 heterocycles. The molecule has 1 aromatic carbocycles. The normalized spacial score (nSPS) is 20.2. The van der Waals surface area contributed by atoms with Crippen LogP contribution in [0.4, 0.5) is 0 Å². The Morgan fingerprint density at radius 1 is 1.58 bits per heavy atom. The molecule has 0 saturated carbocycles. The Kier molecular flexibility index (Phi) is 5.01. The van der Waals surface area contributed by atoms with Crippen LogP contribution in [0.5, 0.6) is 5.75 Å². The Labute approximate surface area is 117 Å². The molecule has 0 unspecified atom stereocenters. The van der Waals surface area contributed by atoms with E-state index in [1.54, 1.807) is 12.1 Å². The van der Waals surface area contributed by atoms with Crippen molar-refractivity contribution < 1.29 is 14.3 Å². The third-order valence-corrected chi connectivity index (χ3v) is 3.07. The first-order valence-electron chi connectivity index (χ1n) is 6.14. The number of carbonyl (C=O) groups excluding carboxylic acids is 1. The van der Waals surface area contributed by atoms with Crippen LogP contribution >= 0.6 is 11.6 Å². The lowest BCUT2D eigenvalue weighted by molar-refractivity contribution is -0.121. The van der Waals surface area contributed by atoms with Crippen molar-refractivity contribution in [2.24, 2.45) is 5.73 Å². The summed E-state index contributed by atoms with van der Waals surface area (Å²) in [5.41, 5.74) is 5.18. The molecule has 5 nitrogen and oxygen atoms in total. The van der Waals surface area contributed by atoms with Crippen LogP contribution in [0.15, 0.2) is 24.3 Å². The van der Waals surface area contributed by atoms with E-state index in [2.05, 4.69) is 0 Å². The molecule has 0 bridgehead atoms. The number of benzene rings is 1. The highest BCUT2D eigenvalue weighted by molar-refractivity contribution is 6.30. The molecule has 1 aliphatic rings. The summed E-state index contributed by atoms with van der Waals surface area (Å²) in [6.45, 7) is 2.63. The molecule has 2 N–H and O–H groups in total. The first-order chi connectivity index (χ1) is 9.13. The van der Waals surface area contributed by atoms with Gasteiger partial charge in [0.25, 0.3) is 0 Å². The second kappa shape index (κ2) is 6.75. The molecule has 0 aromatic heterocycles. The fourth-order valence-electron chi connectivity index (χ4n) is 1.99. The topological polar surface area (TPSA) is 64.8 Å². The van der Waals surface area contributed by atoms with Crippen molar-refractivity contribution in [2.45, 2.75) is 6.10 Å². The minimum absolute atomic E-state index is 0.0629. The molecule has 0 radical (unpaired) electrons. The summed E-state index contributed by atoms with van der Waals surface area (Å²) in [6.07, 6.45) is -0.0629. The van der Waals surface area contributed by atoms with E-state index in [-0.39, 0.29) is 18.6 Å². The zero-order valence-corrected chi connectivity index (χ0v) is 11.3. The average Bonchev–Trinajstić information content (AvgIpc) is 2.36. The molecule has 6 heteroatoms. The number of nitrogens with two attached hydrogens (primary N) is 1. The largest absolute Gasteiger partial charge is 0.491 e. The van der Waals surface area contributed by atoms with Gasteiger partial charge < -0.3 is 15.2 Å². The summed E-state index contributed by atoms with van der Waals surface area (Å²) in [5.74, 6) is 0.388. The molecule has 1 amide bonds. The highest BCUT2D eigenvalue weighted by Crippen LogP contribution is 2.18. The second-order valence-corrected chi connectivity index (χ2v) is 4.90. The van der Waals surface area contributed by atoms with Gasteiger partial charge in [0.1, 0.15) is 18.5 Å². The van der Waals surface area contributed by atoms with Gasteiger partial charge in [0.15, 0.2) is 0 Å². The van der Waals surface area contributed by atoms with Gasteiger partial charge in [0.2, 0.25) is 5.91 Å². The van der Waals surface area contributed by atoms with Crippen LogP contribution in [-0.4, -0.2) is 49.8 Å². The zero-order valence-electron chi connectivity index (χ0n) is 10.5. The van der Waals surface area contributed by atoms with Gasteiger partial charge in [0.05, 0.1) is 13.2 Å². The SMILES string of the molecule is NC(=O)CN1CCO[C@H](COc2cccc(Cl)c2)C1. The van der Waals surface area contributed by atoms with Gasteiger partial charge in [-0.1, -0.05) is 17.7 Å². The van der Waals surface area contributed by atoms with Crippen LogP contribution in [0, 0.1) is 0 Å². The van der Waals surface area contributed by atoms with Gasteiger partial charge in [-0.05, 0) is 18.2 Å². The van der Waals surface area contributed by atoms with E-state index in [4.69, 9.17) is 26.8 Å². The van der Waals surface area contributed by atoms with E-state index >= 15 is 0 Å². The lowest BCUT2D eigenvalue weighted by Gasteiger charge is -2.31. The van der Waals surface area contributed by atoms with Crippen molar-refractivity contribution in [3.8, 4) is 5.75 Å². The second-order valence-electron chi connectivity index (χ2n) is 4.46. The molecule has 1 aromatic rings. The van der Waals surface area contributed by atoms with Crippen LogP contribution in [0.2, 0.25) is 5.02 Å². The van der Waals surface area contributed by atoms with Gasteiger partial charge in [-0.15, -0.1) is 0 Å². The molecular weight excluding hydrogens is 268 g/mol. The first-order valence-corrected chi connectivity index (χ1v) is 6.52. The predicted octanol–water partition coefficient (Wildman–Crippen LogP) is 0.905. The zero-order chi connectivity index (χ0) is 13.7. The molecule has 1 aliphatic heterocycles. The third kappa shape index (κ3) is 4.70. The lowest BCUT2D eigenvalue weighted by atomic mass is 10.3. The number of nitrogens with zero attached hydrogens (tertiary/aromatic N) is 1. The Bertz CT molecular complexity index is 442. The predicted molar refractivity (Wildman–Crippen MR) is 72.3 cm³/mol. The number of ether oxygens (including phenoxy) is 2. The summed E-state index contributed by atoms with van der Waals surface area (Å²) in [7, 11) is 0. The monoisotopic (exact) mass is 284 g/mol. The molecule has 2 rings (SSSR count). The minimum atomic E-state index is -0.323. The highest BCUT2D eigenvalue weighted by atomic mass is 35.5. The molecule has 19 heavy (non-hydrogen) atoms. The van der Waals surface area contributed by atoms with Gasteiger partial charge in [-0.3, -0.25) is 9.69 Å². The third-order valence-electron chi connectivity index (χ3n) is 2.83. The number of morpholine rings is 1. The molecule has 1 atom stereocenters. The molecule has 0 spiro atoms. The standard InChI is InChI=1S/C13H17ClN2O3/c14-10-2-1-3-11(6-10)19-9-12-7-16(4-5-18-12)8-13(15)17/h1-3,6,12H,4-5,7-9H2,(H2,15,17)/t12-/m0/s1. The molecule has 1 saturated heterocycles. The number of primary amides is 1. The van der Waals surface area contributed by atoms with Gasteiger partial charge in [-0.2, -0.15) is 0 Å². The first kappa shape index (κ1) is 14.1. The van der Waals surface area contributed by atoms with E-state index in [0.29, 0.717) is 30.5 Å². The van der Waals surface area contributed by atoms with Gasteiger partial charge >= 0.3 is 0 Å². The van der Waals surface area contributed by atoms with Crippen molar-refractivity contribution in [3.05, 3.63) is 29.3 Å². The molecule has 104 valence electrons. The highest BCUT2D eigenvalue weighted by Gasteiger charge is 2.21. The summed E-state index contributed by atoms with van der Waals surface area (Å²) in [4.78, 5) is 12.9. The number of halogens is 1. The van der Waals surface area contributed by atoms with Crippen LogP contribution in [-0.2, 0) is 9.53 Å². The number of hydrogen-bond donors (Lipinski definition) is 1. The van der Waals surface area contributed by atoms with Crippen molar-refractivity contribution >= 4 is 17.5 Å². The van der Waals surface area contributed by atoms with Crippen LogP contribution in [0.25, 0.3) is 0 Å². The van der Waals surface area contributed by atoms with Gasteiger partial charge in [-0.25, -0.2) is 0 Å². The van der Waals surface area contributed by atoms with Crippen LogP contribution in [0.3, 0.4) is 0 Å². The van der Waals surface area contributed by atoms with E-state index in [1.165, 1.54) is 0 Å². The van der Waals surface area contributed by atoms with Gasteiger partial charge in [0, 0.05) is 18.1 Å². The molecule has 1 fully saturated rings. The maximum Gasteiger partial charge on any atom is 0.231 e. The van der Waals surface area contributed by atoms with E-state index < -0.39 is 0 Å². The summed E-state index contributed by atoms with van der Waals surface area (Å²) in [5, 5.41) is 0.636. The van der Waals surface area contributed by atoms with E-state index in [9.17, 15) is 4.79 Å². The Balaban J connectivity index is 1.81. The van der Waals surface area contributed by atoms with E-state index in [1.807, 2.05) is 17.0 Å². The number of carbonyl (C=O) groups is 1. The van der Waals surface area contributed by atoms with Crippen molar-refractivity contribution in [1.82, 2.24) is 4.90 Å². The maximum atomic E-state index is 10.9. The quantitative estimate of drug-likeness (QED) is 0.873. The van der Waals surface area contributed by atoms with Crippen LogP contribution < -0.4 is 10.5 Å². The fraction of sp³-hybridized carbons (Fsp3) is 0.462. The Morgan fingerprint density at radius 2 is 2.42 bits per heavy atom. The Morgan fingerprint density at radius 3 is 3.16 bits per heavy atom. The molecule has 0 aliphatic carbocycles. The maximum absolute atomic E-state index is 10.9. The van der Waals surface area contributed by atoms with Crippen molar-refractivity contribution in [2.75, 3.05) is 32.8 Å². The summed E-state index contributed by atoms with van der Waals surface area (Å²) in [6, 6.07) is 7.22. The smallest absolute Gasteiger partial charge is 0.231 e. The van der Waals surface area contributed by atoms with Crippen molar-refractivity contribution in [1.29, 1.82) is 0 Å². The summed E-state index contributed by atoms with van der Waals surface area (Å²) < 4.78 is 11.2. The van der Waals surface area contributed by atoms with Crippen molar-refractivity contribution in [3.63, 3.8) is 0 Å². The van der Waals surface area contributed by atoms with E-state index in [0.717, 1.165) is 6.54 Å². The minimum Gasteiger partial charge on any atom is -0.491 e. The Hall–Kier alpha value is -1.30. The van der Waals surface area contributed by atoms with Crippen LogP contribution in [0.1, 0.15) is 0 Å². The lowest BCUT2D eigenvalue weighted by Crippen LogP contribution is -2.47. The fourth-order valence-corrected chi connectivity index (χ4v) is 2.17. The summed E-state index contributed by atoms with van der Waals surface area (Å²) >= 11 is 5.88. The number of amides is 1. The average molecular weight is 285 g/mol. The molecular formula is C13H17ClN2O3. The number of hydrogen-bond acceptors (Lipinski definition) is 4. The number of rotatable bonds is 5.